The Morgan fingerprint density at radius 3 is 2.43 bits per heavy atom. The Bertz CT molecular complexity index is 629. The quantitative estimate of drug-likeness (QED) is 0.710. The first-order valence-electron chi connectivity index (χ1n) is 7.03. The van der Waals surface area contributed by atoms with Crippen molar-refractivity contribution < 1.29 is 13.2 Å². The third-order valence-electron chi connectivity index (χ3n) is 3.37. The van der Waals surface area contributed by atoms with Crippen LogP contribution >= 0.6 is 11.3 Å². The van der Waals surface area contributed by atoms with Gasteiger partial charge in [0.25, 0.3) is 0 Å². The molecule has 0 fully saturated rings. The van der Waals surface area contributed by atoms with E-state index in [9.17, 15) is 13.2 Å². The molecule has 0 radical (unpaired) electrons. The van der Waals surface area contributed by atoms with Gasteiger partial charge in [-0.05, 0) is 37.5 Å². The topological polar surface area (TPSA) is 12.9 Å². The van der Waals surface area contributed by atoms with Crippen LogP contribution in [0.1, 0.15) is 42.0 Å². The number of aryl methyl sites for hydroxylation is 3. The maximum absolute atomic E-state index is 12.7. The summed E-state index contributed by atoms with van der Waals surface area (Å²) in [5, 5.41) is 0.821. The molecule has 2 aromatic rings. The maximum Gasteiger partial charge on any atom is 0.416 e. The number of aromatic nitrogens is 1. The van der Waals surface area contributed by atoms with Crippen molar-refractivity contribution in [1.82, 2.24) is 4.98 Å². The van der Waals surface area contributed by atoms with Crippen LogP contribution in [0, 0.1) is 6.92 Å². The number of hydrogen-bond donors (Lipinski definition) is 0. The van der Waals surface area contributed by atoms with Crippen LogP contribution in [0.25, 0.3) is 10.6 Å². The molecule has 0 saturated carbocycles. The first-order valence-corrected chi connectivity index (χ1v) is 7.85. The van der Waals surface area contributed by atoms with Gasteiger partial charge < -0.3 is 0 Å². The summed E-state index contributed by atoms with van der Waals surface area (Å²) in [4.78, 5) is 5.85. The molecular weight excluding hydrogens is 295 g/mol. The van der Waals surface area contributed by atoms with E-state index in [4.69, 9.17) is 0 Å². The van der Waals surface area contributed by atoms with Gasteiger partial charge in [-0.2, -0.15) is 13.2 Å². The van der Waals surface area contributed by atoms with Gasteiger partial charge in [0.05, 0.1) is 11.3 Å². The van der Waals surface area contributed by atoms with E-state index in [2.05, 4.69) is 18.8 Å². The van der Waals surface area contributed by atoms with E-state index in [-0.39, 0.29) is 0 Å². The molecule has 1 aromatic heterocycles. The Hall–Kier alpha value is -1.36. The van der Waals surface area contributed by atoms with Crippen LogP contribution in [0.15, 0.2) is 18.2 Å². The second-order valence-corrected chi connectivity index (χ2v) is 6.10. The van der Waals surface area contributed by atoms with Crippen LogP contribution in [-0.4, -0.2) is 4.98 Å². The average molecular weight is 313 g/mol. The van der Waals surface area contributed by atoms with E-state index in [1.165, 1.54) is 17.0 Å². The van der Waals surface area contributed by atoms with Crippen LogP contribution in [-0.2, 0) is 19.0 Å². The van der Waals surface area contributed by atoms with Crippen molar-refractivity contribution in [2.75, 3.05) is 0 Å². The zero-order valence-corrected chi connectivity index (χ0v) is 13.2. The van der Waals surface area contributed by atoms with E-state index in [0.717, 1.165) is 41.6 Å². The lowest BCUT2D eigenvalue weighted by molar-refractivity contribution is -0.137. The molecular formula is C16H18F3NS. The summed E-state index contributed by atoms with van der Waals surface area (Å²) in [5.41, 5.74) is 1.87. The second kappa shape index (κ2) is 6.18. The first kappa shape index (κ1) is 16.0. The van der Waals surface area contributed by atoms with Gasteiger partial charge >= 0.3 is 6.18 Å². The lowest BCUT2D eigenvalue weighted by Gasteiger charge is -2.09. The van der Waals surface area contributed by atoms with E-state index in [1.54, 1.807) is 18.3 Å². The van der Waals surface area contributed by atoms with Gasteiger partial charge in [-0.15, -0.1) is 11.3 Å². The molecule has 0 aliphatic rings. The summed E-state index contributed by atoms with van der Waals surface area (Å²) in [6.07, 6.45) is -1.43. The molecule has 0 aliphatic carbocycles. The molecule has 2 rings (SSSR count). The molecule has 1 heterocycles. The number of benzene rings is 1. The Morgan fingerprint density at radius 2 is 1.90 bits per heavy atom. The highest BCUT2D eigenvalue weighted by atomic mass is 32.1. The van der Waals surface area contributed by atoms with Crippen LogP contribution < -0.4 is 0 Å². The molecule has 0 N–H and O–H groups in total. The molecule has 21 heavy (non-hydrogen) atoms. The minimum absolute atomic E-state index is 0.607. The zero-order chi connectivity index (χ0) is 15.6. The van der Waals surface area contributed by atoms with Crippen molar-refractivity contribution >= 4 is 11.3 Å². The van der Waals surface area contributed by atoms with Gasteiger partial charge in [-0.1, -0.05) is 26.3 Å². The summed E-state index contributed by atoms with van der Waals surface area (Å²) < 4.78 is 38.1. The number of thiazole rings is 1. The molecule has 1 aromatic carbocycles. The average Bonchev–Trinajstić information content (AvgIpc) is 2.81. The Balaban J connectivity index is 2.43. The fraction of sp³-hybridized carbons (Fsp3) is 0.438. The maximum atomic E-state index is 12.7. The van der Waals surface area contributed by atoms with Crippen LogP contribution in [0.3, 0.4) is 0 Å². The highest BCUT2D eigenvalue weighted by Crippen LogP contribution is 2.35. The monoisotopic (exact) mass is 313 g/mol. The van der Waals surface area contributed by atoms with Gasteiger partial charge in [-0.3, -0.25) is 0 Å². The zero-order valence-electron chi connectivity index (χ0n) is 12.3. The summed E-state index contributed by atoms with van der Waals surface area (Å²) >= 11 is 1.60. The van der Waals surface area contributed by atoms with Crippen molar-refractivity contribution in [1.29, 1.82) is 0 Å². The fourth-order valence-electron chi connectivity index (χ4n) is 2.28. The lowest BCUT2D eigenvalue weighted by Crippen LogP contribution is -2.05. The Morgan fingerprint density at radius 1 is 1.19 bits per heavy atom. The first-order chi connectivity index (χ1) is 9.86. The fourth-order valence-corrected chi connectivity index (χ4v) is 3.62. The molecule has 0 bridgehead atoms. The molecule has 0 saturated heterocycles. The predicted molar refractivity (Wildman–Crippen MR) is 80.7 cm³/mol. The number of rotatable bonds is 4. The van der Waals surface area contributed by atoms with Crippen molar-refractivity contribution in [2.45, 2.75) is 46.2 Å². The minimum atomic E-state index is -4.30. The molecule has 114 valence electrons. The molecule has 5 heteroatoms. The number of hydrogen-bond acceptors (Lipinski definition) is 2. The summed E-state index contributed by atoms with van der Waals surface area (Å²) in [7, 11) is 0. The summed E-state index contributed by atoms with van der Waals surface area (Å²) in [6.45, 7) is 5.87. The van der Waals surface area contributed by atoms with Crippen LogP contribution in [0.5, 0.6) is 0 Å². The van der Waals surface area contributed by atoms with Crippen molar-refractivity contribution in [3.63, 3.8) is 0 Å². The smallest absolute Gasteiger partial charge is 0.241 e. The highest BCUT2D eigenvalue weighted by molar-refractivity contribution is 7.15. The minimum Gasteiger partial charge on any atom is -0.241 e. The van der Waals surface area contributed by atoms with E-state index >= 15 is 0 Å². The van der Waals surface area contributed by atoms with E-state index in [1.807, 2.05) is 0 Å². The van der Waals surface area contributed by atoms with Crippen molar-refractivity contribution in [3.05, 3.63) is 39.9 Å². The second-order valence-electron chi connectivity index (χ2n) is 5.02. The molecule has 0 spiro atoms. The third-order valence-corrected chi connectivity index (χ3v) is 4.57. The molecule has 1 nitrogen and oxygen atoms in total. The molecule has 0 amide bonds. The predicted octanol–water partition coefficient (Wildman–Crippen LogP) is 5.65. The Labute approximate surface area is 126 Å². The standard InChI is InChI=1S/C16H18F3NS/c1-4-6-14-13(5-2)20-15(21-14)12-8-7-11(9-10(12)3)16(17,18)19/h7-9H,4-6H2,1-3H3. The lowest BCUT2D eigenvalue weighted by atomic mass is 10.1. The summed E-state index contributed by atoms with van der Waals surface area (Å²) in [5.74, 6) is 0. The number of nitrogens with zero attached hydrogens (tertiary/aromatic N) is 1. The number of alkyl halides is 3. The van der Waals surface area contributed by atoms with Crippen molar-refractivity contribution in [2.24, 2.45) is 0 Å². The largest absolute Gasteiger partial charge is 0.416 e. The van der Waals surface area contributed by atoms with E-state index < -0.39 is 11.7 Å². The highest BCUT2D eigenvalue weighted by Gasteiger charge is 2.30. The SMILES string of the molecule is CCCc1sc(-c2ccc(C(F)(F)F)cc2C)nc1CC. The van der Waals surface area contributed by atoms with Gasteiger partial charge in [0.15, 0.2) is 0 Å². The number of halogens is 3. The van der Waals surface area contributed by atoms with Gasteiger partial charge in [0.1, 0.15) is 5.01 Å². The third kappa shape index (κ3) is 3.46. The van der Waals surface area contributed by atoms with Crippen LogP contribution in [0.4, 0.5) is 13.2 Å². The van der Waals surface area contributed by atoms with Gasteiger partial charge in [-0.25, -0.2) is 4.98 Å². The summed E-state index contributed by atoms with van der Waals surface area (Å²) in [6, 6.07) is 3.86. The van der Waals surface area contributed by atoms with Gasteiger partial charge in [0.2, 0.25) is 0 Å². The molecule has 0 aliphatic heterocycles. The van der Waals surface area contributed by atoms with Crippen molar-refractivity contribution in [3.8, 4) is 10.6 Å². The van der Waals surface area contributed by atoms with Crippen LogP contribution in [0.2, 0.25) is 0 Å². The van der Waals surface area contributed by atoms with E-state index in [0.29, 0.717) is 5.56 Å². The Kier molecular flexibility index (Phi) is 4.71. The molecule has 0 unspecified atom stereocenters. The normalized spacial score (nSPS) is 11.9. The molecule has 0 atom stereocenters. The van der Waals surface area contributed by atoms with Gasteiger partial charge in [0, 0.05) is 10.4 Å².